The summed E-state index contributed by atoms with van der Waals surface area (Å²) < 4.78 is 5.51. The number of benzene rings is 1. The molecule has 3 aromatic rings. The number of aromatic nitrogens is 2. The number of ether oxygens (including phenoxy) is 1. The Morgan fingerprint density at radius 1 is 0.931 bits per heavy atom. The van der Waals surface area contributed by atoms with E-state index in [4.69, 9.17) is 27.9 Å². The second kappa shape index (κ2) is 9.20. The largest absolute Gasteiger partial charge is 0.386 e. The molecule has 1 N–H and O–H groups in total. The molecule has 0 saturated carbocycles. The SMILES string of the molecule is OC(c1cccnc1-c1cc(Cl)cc(Cl)c1)C(c1ccccn1)N1CCOCC1. The first-order valence-corrected chi connectivity index (χ1v) is 10.2. The molecule has 0 bridgehead atoms. The summed E-state index contributed by atoms with van der Waals surface area (Å²) >= 11 is 12.4. The maximum atomic E-state index is 11.5. The van der Waals surface area contributed by atoms with Crippen LogP contribution in [0.15, 0.2) is 60.9 Å². The highest BCUT2D eigenvalue weighted by molar-refractivity contribution is 6.35. The van der Waals surface area contributed by atoms with Gasteiger partial charge in [-0.2, -0.15) is 0 Å². The van der Waals surface area contributed by atoms with Gasteiger partial charge in [0.2, 0.25) is 0 Å². The van der Waals surface area contributed by atoms with Gasteiger partial charge in [0.1, 0.15) is 6.10 Å². The molecule has 1 aliphatic heterocycles. The van der Waals surface area contributed by atoms with Crippen molar-refractivity contribution in [2.45, 2.75) is 12.1 Å². The molecule has 0 radical (unpaired) electrons. The fraction of sp³-hybridized carbons (Fsp3) is 0.273. The lowest BCUT2D eigenvalue weighted by Crippen LogP contribution is -2.41. The van der Waals surface area contributed by atoms with Crippen LogP contribution in [0.3, 0.4) is 0 Å². The summed E-state index contributed by atoms with van der Waals surface area (Å²) in [7, 11) is 0. The Morgan fingerprint density at radius 2 is 1.66 bits per heavy atom. The van der Waals surface area contributed by atoms with Gasteiger partial charge in [-0.05, 0) is 36.4 Å². The molecule has 150 valence electrons. The Hall–Kier alpha value is -2.02. The maximum absolute atomic E-state index is 11.5. The third-order valence-corrected chi connectivity index (χ3v) is 5.46. The number of pyridine rings is 2. The molecule has 1 aromatic carbocycles. The number of hydrogen-bond acceptors (Lipinski definition) is 5. The van der Waals surface area contributed by atoms with Crippen LogP contribution in [0.1, 0.15) is 23.4 Å². The normalized spacial score (nSPS) is 17.1. The number of halogens is 2. The highest BCUT2D eigenvalue weighted by atomic mass is 35.5. The number of morpholine rings is 1. The first-order chi connectivity index (χ1) is 14.1. The van der Waals surface area contributed by atoms with Crippen molar-refractivity contribution in [3.05, 3.63) is 82.2 Å². The van der Waals surface area contributed by atoms with E-state index in [9.17, 15) is 5.11 Å². The van der Waals surface area contributed by atoms with E-state index < -0.39 is 6.10 Å². The summed E-state index contributed by atoms with van der Waals surface area (Å²) in [4.78, 5) is 11.3. The third kappa shape index (κ3) is 4.60. The van der Waals surface area contributed by atoms with Crippen molar-refractivity contribution in [3.8, 4) is 11.3 Å². The Kier molecular flexibility index (Phi) is 6.43. The standard InChI is InChI=1S/C22H21Cl2N3O2/c23-16-12-15(13-17(24)14-16)20-18(4-3-7-26-20)22(28)21(19-5-1-2-6-25-19)27-8-10-29-11-9-27/h1-7,12-14,21-22,28H,8-11H2. The van der Waals surface area contributed by atoms with Crippen molar-refractivity contribution in [2.75, 3.05) is 26.3 Å². The molecule has 7 heteroatoms. The van der Waals surface area contributed by atoms with Crippen LogP contribution in [0.2, 0.25) is 10.0 Å². The summed E-state index contributed by atoms with van der Waals surface area (Å²) in [6, 6.07) is 14.4. The topological polar surface area (TPSA) is 58.5 Å². The van der Waals surface area contributed by atoms with Crippen molar-refractivity contribution < 1.29 is 9.84 Å². The third-order valence-electron chi connectivity index (χ3n) is 5.02. The lowest BCUT2D eigenvalue weighted by Gasteiger charge is -2.37. The molecular formula is C22H21Cl2N3O2. The van der Waals surface area contributed by atoms with Gasteiger partial charge in [0.15, 0.2) is 0 Å². The summed E-state index contributed by atoms with van der Waals surface area (Å²) in [5.74, 6) is 0. The van der Waals surface area contributed by atoms with Crippen LogP contribution < -0.4 is 0 Å². The van der Waals surface area contributed by atoms with E-state index in [0.717, 1.165) is 24.3 Å². The van der Waals surface area contributed by atoms with E-state index in [1.165, 1.54) is 0 Å². The second-order valence-corrected chi connectivity index (χ2v) is 7.76. The quantitative estimate of drug-likeness (QED) is 0.643. The number of hydrogen-bond donors (Lipinski definition) is 1. The maximum Gasteiger partial charge on any atom is 0.102 e. The minimum atomic E-state index is -0.843. The van der Waals surface area contributed by atoms with Crippen LogP contribution in [-0.4, -0.2) is 46.3 Å². The van der Waals surface area contributed by atoms with Gasteiger partial charge in [0.05, 0.1) is 30.6 Å². The molecule has 2 unspecified atom stereocenters. The van der Waals surface area contributed by atoms with Crippen molar-refractivity contribution in [1.82, 2.24) is 14.9 Å². The van der Waals surface area contributed by atoms with E-state index in [2.05, 4.69) is 14.9 Å². The Labute approximate surface area is 179 Å². The van der Waals surface area contributed by atoms with Crippen LogP contribution in [-0.2, 0) is 4.74 Å². The van der Waals surface area contributed by atoms with E-state index in [1.54, 1.807) is 30.6 Å². The molecule has 5 nitrogen and oxygen atoms in total. The van der Waals surface area contributed by atoms with E-state index in [-0.39, 0.29) is 6.04 Å². The van der Waals surface area contributed by atoms with Gasteiger partial charge >= 0.3 is 0 Å². The van der Waals surface area contributed by atoms with Crippen molar-refractivity contribution in [2.24, 2.45) is 0 Å². The highest BCUT2D eigenvalue weighted by Gasteiger charge is 2.32. The number of aliphatic hydroxyl groups is 1. The minimum absolute atomic E-state index is 0.322. The number of aliphatic hydroxyl groups excluding tert-OH is 1. The molecule has 0 spiro atoms. The molecule has 1 fully saturated rings. The van der Waals surface area contributed by atoms with Crippen LogP contribution in [0.4, 0.5) is 0 Å². The average Bonchev–Trinajstić information content (AvgIpc) is 2.75. The zero-order chi connectivity index (χ0) is 20.2. The Morgan fingerprint density at radius 3 is 2.34 bits per heavy atom. The van der Waals surface area contributed by atoms with Gasteiger partial charge in [0, 0.05) is 46.7 Å². The minimum Gasteiger partial charge on any atom is -0.386 e. The molecular weight excluding hydrogens is 409 g/mol. The summed E-state index contributed by atoms with van der Waals surface area (Å²) in [6.45, 7) is 2.69. The molecule has 29 heavy (non-hydrogen) atoms. The van der Waals surface area contributed by atoms with Gasteiger partial charge in [-0.1, -0.05) is 35.3 Å². The summed E-state index contributed by atoms with van der Waals surface area (Å²) in [5.41, 5.74) is 2.92. The number of nitrogens with zero attached hydrogens (tertiary/aromatic N) is 3. The summed E-state index contributed by atoms with van der Waals surface area (Å²) in [5, 5.41) is 12.6. The number of rotatable bonds is 5. The fourth-order valence-electron chi connectivity index (χ4n) is 3.71. The van der Waals surface area contributed by atoms with Gasteiger partial charge in [-0.25, -0.2) is 0 Å². The summed E-state index contributed by atoms with van der Waals surface area (Å²) in [6.07, 6.45) is 2.60. The van der Waals surface area contributed by atoms with E-state index in [1.807, 2.05) is 30.3 Å². The van der Waals surface area contributed by atoms with Gasteiger partial charge in [0.25, 0.3) is 0 Å². The fourth-order valence-corrected chi connectivity index (χ4v) is 4.24. The lowest BCUT2D eigenvalue weighted by molar-refractivity contribution is -0.0251. The predicted octanol–water partition coefficient (Wildman–Crippen LogP) is 4.56. The Bertz CT molecular complexity index is 945. The predicted molar refractivity (Wildman–Crippen MR) is 114 cm³/mol. The molecule has 4 rings (SSSR count). The van der Waals surface area contributed by atoms with E-state index >= 15 is 0 Å². The van der Waals surface area contributed by atoms with Gasteiger partial charge in [-0.15, -0.1) is 0 Å². The molecule has 0 aliphatic carbocycles. The second-order valence-electron chi connectivity index (χ2n) is 6.89. The molecule has 2 aromatic heterocycles. The smallest absolute Gasteiger partial charge is 0.102 e. The molecule has 3 heterocycles. The monoisotopic (exact) mass is 429 g/mol. The van der Waals surface area contributed by atoms with Crippen LogP contribution >= 0.6 is 23.2 Å². The van der Waals surface area contributed by atoms with Crippen LogP contribution in [0.25, 0.3) is 11.3 Å². The molecule has 2 atom stereocenters. The van der Waals surface area contributed by atoms with Crippen molar-refractivity contribution >= 4 is 23.2 Å². The van der Waals surface area contributed by atoms with Gasteiger partial charge < -0.3 is 9.84 Å². The zero-order valence-electron chi connectivity index (χ0n) is 15.7. The first-order valence-electron chi connectivity index (χ1n) is 9.45. The van der Waals surface area contributed by atoms with Crippen LogP contribution in [0.5, 0.6) is 0 Å². The zero-order valence-corrected chi connectivity index (χ0v) is 17.2. The van der Waals surface area contributed by atoms with Crippen molar-refractivity contribution in [1.29, 1.82) is 0 Å². The molecule has 1 aliphatic rings. The average molecular weight is 430 g/mol. The van der Waals surface area contributed by atoms with Crippen LogP contribution in [0, 0.1) is 0 Å². The van der Waals surface area contributed by atoms with E-state index in [0.29, 0.717) is 34.5 Å². The molecule has 1 saturated heterocycles. The molecule has 0 amide bonds. The lowest BCUT2D eigenvalue weighted by atomic mass is 9.93. The van der Waals surface area contributed by atoms with Gasteiger partial charge in [-0.3, -0.25) is 14.9 Å². The highest BCUT2D eigenvalue weighted by Crippen LogP contribution is 2.38. The van der Waals surface area contributed by atoms with Crippen molar-refractivity contribution in [3.63, 3.8) is 0 Å². The first kappa shape index (κ1) is 20.3. The Balaban J connectivity index is 1.78.